The van der Waals surface area contributed by atoms with E-state index in [4.69, 9.17) is 5.73 Å². The molecular weight excluding hydrogens is 224 g/mol. The van der Waals surface area contributed by atoms with Gasteiger partial charge in [-0.3, -0.25) is 9.58 Å². The van der Waals surface area contributed by atoms with Crippen LogP contribution in [0.1, 0.15) is 50.9 Å². The highest BCUT2D eigenvalue weighted by Crippen LogP contribution is 2.33. The number of likely N-dealkylation sites (tertiary alicyclic amines) is 1. The van der Waals surface area contributed by atoms with Gasteiger partial charge in [0.05, 0.1) is 11.7 Å². The Hall–Kier alpha value is -0.870. The molecule has 2 rings (SSSR count). The summed E-state index contributed by atoms with van der Waals surface area (Å²) in [5.74, 6) is 0. The molecule has 1 aromatic rings. The highest BCUT2D eigenvalue weighted by atomic mass is 15.3. The van der Waals surface area contributed by atoms with Gasteiger partial charge in [-0.25, -0.2) is 0 Å². The number of nitrogens with two attached hydrogens (primary N) is 1. The monoisotopic (exact) mass is 250 g/mol. The fourth-order valence-electron chi connectivity index (χ4n) is 3.12. The first-order valence-electron chi connectivity index (χ1n) is 7.08. The van der Waals surface area contributed by atoms with Gasteiger partial charge in [0.2, 0.25) is 0 Å². The van der Waals surface area contributed by atoms with Gasteiger partial charge in [0.15, 0.2) is 0 Å². The number of nitrogens with zero attached hydrogens (tertiary/aromatic N) is 3. The Labute approximate surface area is 110 Å². The molecule has 0 radical (unpaired) electrons. The Morgan fingerprint density at radius 3 is 2.83 bits per heavy atom. The molecule has 0 aromatic carbocycles. The van der Waals surface area contributed by atoms with E-state index in [1.807, 2.05) is 11.7 Å². The lowest BCUT2D eigenvalue weighted by Gasteiger charge is -2.42. The minimum absolute atomic E-state index is 0.232. The summed E-state index contributed by atoms with van der Waals surface area (Å²) < 4.78 is 1.92. The highest BCUT2D eigenvalue weighted by Gasteiger charge is 2.34. The summed E-state index contributed by atoms with van der Waals surface area (Å²) in [5, 5.41) is 4.57. The third-order valence-electron chi connectivity index (χ3n) is 3.97. The summed E-state index contributed by atoms with van der Waals surface area (Å²) in [6.07, 6.45) is 5.46. The molecule has 0 spiro atoms. The van der Waals surface area contributed by atoms with E-state index in [0.717, 1.165) is 19.4 Å². The van der Waals surface area contributed by atoms with Crippen LogP contribution >= 0.6 is 0 Å². The van der Waals surface area contributed by atoms with Gasteiger partial charge in [0.25, 0.3) is 0 Å². The van der Waals surface area contributed by atoms with Gasteiger partial charge >= 0.3 is 0 Å². The van der Waals surface area contributed by atoms with E-state index in [1.165, 1.54) is 17.7 Å². The fraction of sp³-hybridized carbons (Fsp3) is 0.786. The zero-order valence-corrected chi connectivity index (χ0v) is 12.1. The molecule has 1 fully saturated rings. The van der Waals surface area contributed by atoms with Gasteiger partial charge in [-0.05, 0) is 39.7 Å². The molecule has 1 aromatic heterocycles. The molecule has 4 heteroatoms. The molecule has 4 nitrogen and oxygen atoms in total. The minimum atomic E-state index is 0.232. The lowest BCUT2D eigenvalue weighted by molar-refractivity contribution is 0.0941. The van der Waals surface area contributed by atoms with E-state index in [0.29, 0.717) is 12.1 Å². The van der Waals surface area contributed by atoms with Crippen molar-refractivity contribution in [1.29, 1.82) is 0 Å². The third-order valence-corrected chi connectivity index (χ3v) is 3.97. The molecule has 1 aliphatic rings. The number of hydrogen-bond donors (Lipinski definition) is 1. The van der Waals surface area contributed by atoms with Crippen molar-refractivity contribution in [3.05, 3.63) is 17.5 Å². The topological polar surface area (TPSA) is 47.1 Å². The van der Waals surface area contributed by atoms with Gasteiger partial charge in [-0.15, -0.1) is 0 Å². The molecule has 102 valence electrons. The SMILES string of the molecule is CCc1nn(C)cc1C1C(N)CCCN1C(C)C. The summed E-state index contributed by atoms with van der Waals surface area (Å²) in [4.78, 5) is 2.53. The van der Waals surface area contributed by atoms with Crippen LogP contribution in [-0.2, 0) is 13.5 Å². The Morgan fingerprint density at radius 2 is 2.22 bits per heavy atom. The van der Waals surface area contributed by atoms with E-state index in [9.17, 15) is 0 Å². The summed E-state index contributed by atoms with van der Waals surface area (Å²) in [7, 11) is 2.00. The highest BCUT2D eigenvalue weighted by molar-refractivity contribution is 5.24. The molecule has 0 amide bonds. The van der Waals surface area contributed by atoms with Gasteiger partial charge in [0, 0.05) is 30.9 Å². The number of aromatic nitrogens is 2. The number of aryl methyl sites for hydroxylation is 2. The second-order valence-electron chi connectivity index (χ2n) is 5.64. The molecule has 0 aliphatic carbocycles. The smallest absolute Gasteiger partial charge is 0.0670 e. The summed E-state index contributed by atoms with van der Waals surface area (Å²) in [5.41, 5.74) is 8.93. The van der Waals surface area contributed by atoms with Crippen molar-refractivity contribution in [2.75, 3.05) is 6.54 Å². The van der Waals surface area contributed by atoms with Crippen LogP contribution in [0.15, 0.2) is 6.20 Å². The van der Waals surface area contributed by atoms with Crippen LogP contribution in [0.4, 0.5) is 0 Å². The maximum Gasteiger partial charge on any atom is 0.0670 e. The fourth-order valence-corrected chi connectivity index (χ4v) is 3.12. The molecule has 2 heterocycles. The van der Waals surface area contributed by atoms with E-state index < -0.39 is 0 Å². The first-order chi connectivity index (χ1) is 8.54. The quantitative estimate of drug-likeness (QED) is 0.890. The Morgan fingerprint density at radius 1 is 1.50 bits per heavy atom. The zero-order chi connectivity index (χ0) is 13.3. The average Bonchev–Trinajstić information content (AvgIpc) is 2.69. The van der Waals surface area contributed by atoms with Crippen molar-refractivity contribution in [1.82, 2.24) is 14.7 Å². The van der Waals surface area contributed by atoms with Crippen molar-refractivity contribution in [2.45, 2.75) is 58.2 Å². The van der Waals surface area contributed by atoms with Gasteiger partial charge < -0.3 is 5.73 Å². The van der Waals surface area contributed by atoms with Crippen molar-refractivity contribution < 1.29 is 0 Å². The average molecular weight is 250 g/mol. The van der Waals surface area contributed by atoms with Gasteiger partial charge in [0.1, 0.15) is 0 Å². The van der Waals surface area contributed by atoms with Crippen LogP contribution in [0.3, 0.4) is 0 Å². The van der Waals surface area contributed by atoms with Gasteiger partial charge in [-0.1, -0.05) is 6.92 Å². The molecule has 0 saturated carbocycles. The molecule has 0 bridgehead atoms. The lowest BCUT2D eigenvalue weighted by atomic mass is 9.89. The van der Waals surface area contributed by atoms with Crippen molar-refractivity contribution >= 4 is 0 Å². The van der Waals surface area contributed by atoms with Crippen LogP contribution < -0.4 is 5.73 Å². The van der Waals surface area contributed by atoms with Gasteiger partial charge in [-0.2, -0.15) is 5.10 Å². The molecule has 2 atom stereocenters. The predicted octanol–water partition coefficient (Wildman–Crippen LogP) is 1.86. The maximum absolute atomic E-state index is 6.39. The van der Waals surface area contributed by atoms with E-state index in [2.05, 4.69) is 37.0 Å². The van der Waals surface area contributed by atoms with E-state index in [-0.39, 0.29) is 6.04 Å². The van der Waals surface area contributed by atoms with Crippen molar-refractivity contribution in [2.24, 2.45) is 12.8 Å². The summed E-state index contributed by atoms with van der Waals surface area (Å²) in [6, 6.07) is 1.10. The second-order valence-corrected chi connectivity index (χ2v) is 5.64. The molecule has 1 saturated heterocycles. The van der Waals surface area contributed by atoms with Crippen LogP contribution in [-0.4, -0.2) is 33.3 Å². The van der Waals surface area contributed by atoms with Crippen LogP contribution in [0.2, 0.25) is 0 Å². The van der Waals surface area contributed by atoms with Crippen LogP contribution in [0.5, 0.6) is 0 Å². The first kappa shape index (κ1) is 13.6. The number of rotatable bonds is 3. The Balaban J connectivity index is 2.36. The summed E-state index contributed by atoms with van der Waals surface area (Å²) in [6.45, 7) is 7.83. The van der Waals surface area contributed by atoms with E-state index >= 15 is 0 Å². The maximum atomic E-state index is 6.39. The van der Waals surface area contributed by atoms with E-state index in [1.54, 1.807) is 0 Å². The van der Waals surface area contributed by atoms with Crippen molar-refractivity contribution in [3.63, 3.8) is 0 Å². The first-order valence-corrected chi connectivity index (χ1v) is 7.08. The summed E-state index contributed by atoms with van der Waals surface area (Å²) >= 11 is 0. The Bertz CT molecular complexity index is 396. The number of piperidine rings is 1. The number of hydrogen-bond acceptors (Lipinski definition) is 3. The normalized spacial score (nSPS) is 25.9. The molecule has 2 unspecified atom stereocenters. The largest absolute Gasteiger partial charge is 0.326 e. The molecule has 18 heavy (non-hydrogen) atoms. The molecule has 1 aliphatic heterocycles. The third kappa shape index (κ3) is 2.45. The zero-order valence-electron chi connectivity index (χ0n) is 12.1. The van der Waals surface area contributed by atoms with Crippen molar-refractivity contribution in [3.8, 4) is 0 Å². The molecular formula is C14H26N4. The molecule has 2 N–H and O–H groups in total. The Kier molecular flexibility index (Phi) is 4.07. The minimum Gasteiger partial charge on any atom is -0.326 e. The van der Waals surface area contributed by atoms with Crippen LogP contribution in [0.25, 0.3) is 0 Å². The second kappa shape index (κ2) is 5.41. The lowest BCUT2D eigenvalue weighted by Crippen LogP contribution is -2.48. The van der Waals surface area contributed by atoms with Crippen LogP contribution in [0, 0.1) is 0 Å². The predicted molar refractivity (Wildman–Crippen MR) is 74.4 cm³/mol. The standard InChI is InChI=1S/C14H26N4/c1-5-13-11(9-17(4)16-13)14-12(15)7-6-8-18(14)10(2)3/h9-10,12,14H,5-8,15H2,1-4H3.